The Bertz CT molecular complexity index is 387. The second-order valence-electron chi connectivity index (χ2n) is 5.22. The maximum Gasteiger partial charge on any atom is 0.120 e. The zero-order valence-corrected chi connectivity index (χ0v) is 11.2. The van der Waals surface area contributed by atoms with Crippen LogP contribution >= 0.6 is 0 Å². The summed E-state index contributed by atoms with van der Waals surface area (Å²) in [6.45, 7) is 8.91. The molecule has 0 saturated heterocycles. The number of rotatable bonds is 6. The molecular weight excluding hydrogens is 212 g/mol. The fraction of sp³-hybridized carbons (Fsp3) is 0.643. The van der Waals surface area contributed by atoms with E-state index in [9.17, 15) is 0 Å². The van der Waals surface area contributed by atoms with Gasteiger partial charge in [-0.3, -0.25) is 0 Å². The Labute approximate surface area is 104 Å². The number of nitrogens with zero attached hydrogens (tertiary/aromatic N) is 1. The van der Waals surface area contributed by atoms with Gasteiger partial charge in [-0.25, -0.2) is 0 Å². The van der Waals surface area contributed by atoms with E-state index >= 15 is 0 Å². The molecule has 0 amide bonds. The minimum absolute atomic E-state index is 0.216. The molecule has 0 aliphatic heterocycles. The van der Waals surface area contributed by atoms with Gasteiger partial charge >= 0.3 is 0 Å². The molecule has 1 unspecified atom stereocenters. The van der Waals surface area contributed by atoms with Gasteiger partial charge in [0, 0.05) is 0 Å². The molecule has 1 rings (SSSR count). The monoisotopic (exact) mass is 234 g/mol. The third-order valence-corrected chi connectivity index (χ3v) is 2.92. The Kier molecular flexibility index (Phi) is 4.77. The summed E-state index contributed by atoms with van der Waals surface area (Å²) in [7, 11) is 0. The summed E-state index contributed by atoms with van der Waals surface area (Å²) in [5.41, 5.74) is -0.216. The van der Waals surface area contributed by atoms with Crippen LogP contribution in [0, 0.1) is 23.7 Å². The summed E-state index contributed by atoms with van der Waals surface area (Å²) < 4.78 is 5.55. The highest BCUT2D eigenvalue weighted by Crippen LogP contribution is 2.21. The summed E-state index contributed by atoms with van der Waals surface area (Å²) in [6.07, 6.45) is 1.92. The van der Waals surface area contributed by atoms with Crippen molar-refractivity contribution in [2.75, 3.05) is 6.54 Å². The van der Waals surface area contributed by atoms with Crippen molar-refractivity contribution in [3.63, 3.8) is 0 Å². The summed E-state index contributed by atoms with van der Waals surface area (Å²) >= 11 is 0. The molecule has 0 aliphatic rings. The first kappa shape index (κ1) is 13.8. The topological polar surface area (TPSA) is 49.0 Å². The molecule has 1 aromatic heterocycles. The van der Waals surface area contributed by atoms with Crippen molar-refractivity contribution >= 4 is 0 Å². The van der Waals surface area contributed by atoms with E-state index in [0.29, 0.717) is 0 Å². The highest BCUT2D eigenvalue weighted by atomic mass is 16.3. The first-order valence-corrected chi connectivity index (χ1v) is 6.15. The van der Waals surface area contributed by atoms with Gasteiger partial charge in [0.1, 0.15) is 11.5 Å². The standard InChI is InChI=1S/C14H22N2O/c1-11-6-7-13(17-11)12(2)16-9-5-8-14(3,4)10-15/h6-7,12,16H,5,8-9H2,1-4H3. The van der Waals surface area contributed by atoms with E-state index in [4.69, 9.17) is 9.68 Å². The van der Waals surface area contributed by atoms with E-state index in [2.05, 4.69) is 18.3 Å². The van der Waals surface area contributed by atoms with Crippen molar-refractivity contribution in [1.29, 1.82) is 5.26 Å². The second kappa shape index (κ2) is 5.88. The molecule has 17 heavy (non-hydrogen) atoms. The Hall–Kier alpha value is -1.27. The number of aryl methyl sites for hydroxylation is 1. The van der Waals surface area contributed by atoms with Crippen LogP contribution in [0.25, 0.3) is 0 Å². The van der Waals surface area contributed by atoms with Crippen molar-refractivity contribution in [2.45, 2.75) is 46.6 Å². The predicted molar refractivity (Wildman–Crippen MR) is 68.5 cm³/mol. The third kappa shape index (κ3) is 4.62. The van der Waals surface area contributed by atoms with Gasteiger partial charge < -0.3 is 9.73 Å². The largest absolute Gasteiger partial charge is 0.465 e. The van der Waals surface area contributed by atoms with Gasteiger partial charge in [-0.1, -0.05) is 0 Å². The van der Waals surface area contributed by atoms with E-state index in [-0.39, 0.29) is 11.5 Å². The van der Waals surface area contributed by atoms with E-state index in [0.717, 1.165) is 30.9 Å². The van der Waals surface area contributed by atoms with Gasteiger partial charge in [-0.05, 0) is 59.2 Å². The van der Waals surface area contributed by atoms with Crippen LogP contribution in [0.5, 0.6) is 0 Å². The molecular formula is C14H22N2O. The number of hydrogen-bond acceptors (Lipinski definition) is 3. The molecule has 3 nitrogen and oxygen atoms in total. The van der Waals surface area contributed by atoms with E-state index in [1.165, 1.54) is 0 Å². The Morgan fingerprint density at radius 1 is 1.47 bits per heavy atom. The average molecular weight is 234 g/mol. The number of hydrogen-bond donors (Lipinski definition) is 1. The van der Waals surface area contributed by atoms with Crippen LogP contribution in [0.1, 0.15) is 51.2 Å². The normalized spacial score (nSPS) is 13.4. The fourth-order valence-corrected chi connectivity index (χ4v) is 1.69. The fourth-order valence-electron chi connectivity index (χ4n) is 1.69. The Morgan fingerprint density at radius 2 is 2.18 bits per heavy atom. The average Bonchev–Trinajstić information content (AvgIpc) is 2.71. The second-order valence-corrected chi connectivity index (χ2v) is 5.22. The smallest absolute Gasteiger partial charge is 0.120 e. The minimum atomic E-state index is -0.216. The zero-order valence-electron chi connectivity index (χ0n) is 11.2. The van der Waals surface area contributed by atoms with Crippen LogP contribution < -0.4 is 5.32 Å². The highest BCUT2D eigenvalue weighted by Gasteiger charge is 2.16. The van der Waals surface area contributed by atoms with Crippen molar-refractivity contribution < 1.29 is 4.42 Å². The molecule has 3 heteroatoms. The number of furan rings is 1. The quantitative estimate of drug-likeness (QED) is 0.765. The van der Waals surface area contributed by atoms with Crippen molar-refractivity contribution in [3.05, 3.63) is 23.7 Å². The summed E-state index contributed by atoms with van der Waals surface area (Å²) in [5, 5.41) is 12.3. The van der Waals surface area contributed by atoms with Gasteiger partial charge in [0.05, 0.1) is 17.5 Å². The Morgan fingerprint density at radius 3 is 2.71 bits per heavy atom. The molecule has 0 bridgehead atoms. The van der Waals surface area contributed by atoms with Crippen molar-refractivity contribution in [1.82, 2.24) is 5.32 Å². The highest BCUT2D eigenvalue weighted by molar-refractivity contribution is 5.08. The van der Waals surface area contributed by atoms with Gasteiger partial charge in [0.2, 0.25) is 0 Å². The van der Waals surface area contributed by atoms with E-state index in [1.807, 2.05) is 32.9 Å². The molecule has 0 radical (unpaired) electrons. The summed E-state index contributed by atoms with van der Waals surface area (Å²) in [5.74, 6) is 1.92. The minimum Gasteiger partial charge on any atom is -0.465 e. The molecule has 94 valence electrons. The van der Waals surface area contributed by atoms with Crippen LogP contribution in [-0.2, 0) is 0 Å². The molecule has 0 aliphatic carbocycles. The maximum atomic E-state index is 8.90. The van der Waals surface area contributed by atoms with Gasteiger partial charge in [-0.15, -0.1) is 0 Å². The SMILES string of the molecule is Cc1ccc(C(C)NCCCC(C)(C)C#N)o1. The summed E-state index contributed by atoms with van der Waals surface area (Å²) in [6, 6.07) is 6.53. The lowest BCUT2D eigenvalue weighted by atomic mass is 9.90. The van der Waals surface area contributed by atoms with Gasteiger partial charge in [0.15, 0.2) is 0 Å². The first-order valence-electron chi connectivity index (χ1n) is 6.15. The first-order chi connectivity index (χ1) is 7.94. The zero-order chi connectivity index (χ0) is 12.9. The van der Waals surface area contributed by atoms with E-state index in [1.54, 1.807) is 0 Å². The molecule has 0 fully saturated rings. The molecule has 1 aromatic rings. The third-order valence-electron chi connectivity index (χ3n) is 2.92. The number of nitrogens with one attached hydrogen (secondary N) is 1. The van der Waals surface area contributed by atoms with Crippen LogP contribution in [-0.4, -0.2) is 6.54 Å². The van der Waals surface area contributed by atoms with Gasteiger partial charge in [0.25, 0.3) is 0 Å². The molecule has 1 heterocycles. The van der Waals surface area contributed by atoms with Crippen LogP contribution in [0.15, 0.2) is 16.5 Å². The lowest BCUT2D eigenvalue weighted by Gasteiger charge is -2.16. The summed E-state index contributed by atoms with van der Waals surface area (Å²) in [4.78, 5) is 0. The molecule has 1 N–H and O–H groups in total. The van der Waals surface area contributed by atoms with Gasteiger partial charge in [-0.2, -0.15) is 5.26 Å². The Balaban J connectivity index is 2.26. The van der Waals surface area contributed by atoms with Crippen LogP contribution in [0.2, 0.25) is 0 Å². The van der Waals surface area contributed by atoms with E-state index < -0.39 is 0 Å². The molecule has 0 aromatic carbocycles. The molecule has 1 atom stereocenters. The number of nitriles is 1. The maximum absolute atomic E-state index is 8.90. The lowest BCUT2D eigenvalue weighted by Crippen LogP contribution is -2.21. The molecule has 0 spiro atoms. The van der Waals surface area contributed by atoms with Crippen molar-refractivity contribution in [2.24, 2.45) is 5.41 Å². The van der Waals surface area contributed by atoms with Crippen LogP contribution in [0.4, 0.5) is 0 Å². The van der Waals surface area contributed by atoms with Crippen molar-refractivity contribution in [3.8, 4) is 6.07 Å². The molecule has 0 saturated carbocycles. The lowest BCUT2D eigenvalue weighted by molar-refractivity contribution is 0.389. The predicted octanol–water partition coefficient (Wildman–Crippen LogP) is 3.57. The van der Waals surface area contributed by atoms with Crippen LogP contribution in [0.3, 0.4) is 0 Å².